The zero-order chi connectivity index (χ0) is 23.8. The minimum Gasteiger partial charge on any atom is -0.432 e. The SMILES string of the molecule is Cn1ccc(-c2ccc(CN3Cc4ccnc(Oc5c(F)cc(C#N)cc5F)c4C3=O)cc2)n1. The number of carbonyl (C=O) groups excluding carboxylic acids is 1. The van der Waals surface area contributed by atoms with Gasteiger partial charge in [-0.25, -0.2) is 13.8 Å². The molecule has 2 aromatic carbocycles. The molecule has 34 heavy (non-hydrogen) atoms. The molecule has 0 saturated carbocycles. The van der Waals surface area contributed by atoms with Crippen LogP contribution in [-0.4, -0.2) is 25.6 Å². The zero-order valence-electron chi connectivity index (χ0n) is 18.0. The first-order valence-electron chi connectivity index (χ1n) is 10.4. The van der Waals surface area contributed by atoms with Crippen molar-refractivity contribution in [1.29, 1.82) is 5.26 Å². The molecule has 2 aromatic heterocycles. The Balaban J connectivity index is 1.37. The van der Waals surface area contributed by atoms with Crippen molar-refractivity contribution in [3.05, 3.63) is 94.8 Å². The number of ether oxygens (including phenoxy) is 1. The highest BCUT2D eigenvalue weighted by Crippen LogP contribution is 2.35. The van der Waals surface area contributed by atoms with Gasteiger partial charge in [0.1, 0.15) is 5.56 Å². The zero-order valence-corrected chi connectivity index (χ0v) is 18.0. The molecule has 0 radical (unpaired) electrons. The van der Waals surface area contributed by atoms with Crippen LogP contribution in [0.25, 0.3) is 11.3 Å². The van der Waals surface area contributed by atoms with Gasteiger partial charge in [-0.2, -0.15) is 10.4 Å². The Morgan fingerprint density at radius 3 is 2.50 bits per heavy atom. The fourth-order valence-corrected chi connectivity index (χ4v) is 3.87. The molecule has 0 bridgehead atoms. The van der Waals surface area contributed by atoms with Gasteiger partial charge < -0.3 is 9.64 Å². The van der Waals surface area contributed by atoms with Crippen molar-refractivity contribution < 1.29 is 18.3 Å². The average Bonchev–Trinajstić information content (AvgIpc) is 3.40. The first-order chi connectivity index (χ1) is 16.4. The highest BCUT2D eigenvalue weighted by Gasteiger charge is 2.32. The Kier molecular flexibility index (Phi) is 5.26. The van der Waals surface area contributed by atoms with E-state index in [0.29, 0.717) is 18.7 Å². The quantitative estimate of drug-likeness (QED) is 0.438. The molecule has 0 spiro atoms. The Bertz CT molecular complexity index is 1430. The molecule has 1 aliphatic heterocycles. The topological polar surface area (TPSA) is 84.0 Å². The van der Waals surface area contributed by atoms with Crippen LogP contribution < -0.4 is 4.74 Å². The maximum Gasteiger partial charge on any atom is 0.260 e. The third-order valence-electron chi connectivity index (χ3n) is 5.53. The highest BCUT2D eigenvalue weighted by molar-refractivity contribution is 6.00. The van der Waals surface area contributed by atoms with E-state index in [9.17, 15) is 13.6 Å². The maximum absolute atomic E-state index is 14.3. The van der Waals surface area contributed by atoms with Gasteiger partial charge in [-0.15, -0.1) is 0 Å². The number of amides is 1. The lowest BCUT2D eigenvalue weighted by Gasteiger charge is -2.16. The Morgan fingerprint density at radius 2 is 1.85 bits per heavy atom. The lowest BCUT2D eigenvalue weighted by molar-refractivity contribution is 0.0764. The summed E-state index contributed by atoms with van der Waals surface area (Å²) in [5.74, 6) is -3.34. The number of carbonyl (C=O) groups is 1. The Morgan fingerprint density at radius 1 is 1.12 bits per heavy atom. The van der Waals surface area contributed by atoms with E-state index in [2.05, 4.69) is 10.1 Å². The molecular formula is C25H17F2N5O2. The van der Waals surface area contributed by atoms with Crippen LogP contribution >= 0.6 is 0 Å². The minimum absolute atomic E-state index is 0.163. The van der Waals surface area contributed by atoms with Crippen molar-refractivity contribution in [2.45, 2.75) is 13.1 Å². The van der Waals surface area contributed by atoms with E-state index in [1.54, 1.807) is 21.7 Å². The van der Waals surface area contributed by atoms with Gasteiger partial charge in [0.15, 0.2) is 11.6 Å². The maximum atomic E-state index is 14.3. The van der Waals surface area contributed by atoms with E-state index in [1.165, 1.54) is 6.20 Å². The fraction of sp³-hybridized carbons (Fsp3) is 0.120. The van der Waals surface area contributed by atoms with Gasteiger partial charge >= 0.3 is 0 Å². The standard InChI is InChI=1S/C25H17F2N5O2/c1-31-9-7-21(30-31)17-4-2-15(3-5-17)13-32-14-18-6-8-29-24(22(18)25(32)33)34-23-19(26)10-16(12-28)11-20(23)27/h2-11H,13-14H2,1H3. The van der Waals surface area contributed by atoms with Gasteiger partial charge in [0.05, 0.1) is 17.3 Å². The number of aryl methyl sites for hydroxylation is 1. The molecule has 0 saturated heterocycles. The molecule has 3 heterocycles. The van der Waals surface area contributed by atoms with Crippen LogP contribution in [0.5, 0.6) is 11.6 Å². The van der Waals surface area contributed by atoms with E-state index in [0.717, 1.165) is 29.0 Å². The molecule has 0 N–H and O–H groups in total. The van der Waals surface area contributed by atoms with Crippen molar-refractivity contribution in [3.63, 3.8) is 0 Å². The highest BCUT2D eigenvalue weighted by atomic mass is 19.1. The molecule has 5 rings (SSSR count). The molecule has 1 aliphatic rings. The number of aromatic nitrogens is 3. The van der Waals surface area contributed by atoms with Crippen LogP contribution in [-0.2, 0) is 20.1 Å². The van der Waals surface area contributed by atoms with Gasteiger partial charge in [-0.3, -0.25) is 9.48 Å². The van der Waals surface area contributed by atoms with E-state index in [-0.39, 0.29) is 22.9 Å². The number of halogens is 2. The normalized spacial score (nSPS) is 12.5. The summed E-state index contributed by atoms with van der Waals surface area (Å²) in [5.41, 5.74) is 3.37. The largest absolute Gasteiger partial charge is 0.432 e. The smallest absolute Gasteiger partial charge is 0.260 e. The van der Waals surface area contributed by atoms with Crippen molar-refractivity contribution >= 4 is 5.91 Å². The lowest BCUT2D eigenvalue weighted by atomic mass is 10.1. The molecule has 9 heteroatoms. The van der Waals surface area contributed by atoms with Crippen molar-refractivity contribution in [2.75, 3.05) is 0 Å². The fourth-order valence-electron chi connectivity index (χ4n) is 3.87. The van der Waals surface area contributed by atoms with Crippen LogP contribution in [0, 0.1) is 23.0 Å². The second-order valence-corrected chi connectivity index (χ2v) is 7.87. The third-order valence-corrected chi connectivity index (χ3v) is 5.53. The number of pyridine rings is 1. The van der Waals surface area contributed by atoms with E-state index >= 15 is 0 Å². The second kappa shape index (κ2) is 8.41. The van der Waals surface area contributed by atoms with Gasteiger partial charge in [-0.1, -0.05) is 24.3 Å². The second-order valence-electron chi connectivity index (χ2n) is 7.87. The summed E-state index contributed by atoms with van der Waals surface area (Å²) in [4.78, 5) is 18.8. The predicted molar refractivity (Wildman–Crippen MR) is 118 cm³/mol. The summed E-state index contributed by atoms with van der Waals surface area (Å²) in [5, 5.41) is 13.2. The molecular weight excluding hydrogens is 440 g/mol. The first kappa shape index (κ1) is 21.3. The van der Waals surface area contributed by atoms with Crippen molar-refractivity contribution in [3.8, 4) is 29.0 Å². The monoisotopic (exact) mass is 457 g/mol. The number of nitrogens with zero attached hydrogens (tertiary/aromatic N) is 5. The molecule has 1 amide bonds. The van der Waals surface area contributed by atoms with E-state index in [1.807, 2.05) is 43.6 Å². The summed E-state index contributed by atoms with van der Waals surface area (Å²) in [6, 6.07) is 14.7. The third kappa shape index (κ3) is 3.86. The van der Waals surface area contributed by atoms with E-state index < -0.39 is 17.4 Å². The van der Waals surface area contributed by atoms with Crippen molar-refractivity contribution in [2.24, 2.45) is 7.05 Å². The van der Waals surface area contributed by atoms with Gasteiger partial charge in [0.2, 0.25) is 11.6 Å². The molecule has 168 valence electrons. The molecule has 7 nitrogen and oxygen atoms in total. The number of hydrogen-bond acceptors (Lipinski definition) is 5. The molecule has 0 aliphatic carbocycles. The Hall–Kier alpha value is -4.58. The number of benzene rings is 2. The summed E-state index contributed by atoms with van der Waals surface area (Å²) in [7, 11) is 1.85. The summed E-state index contributed by atoms with van der Waals surface area (Å²) in [6.07, 6.45) is 3.29. The minimum atomic E-state index is -1.05. The van der Waals surface area contributed by atoms with Crippen LogP contribution in [0.4, 0.5) is 8.78 Å². The van der Waals surface area contributed by atoms with Crippen LogP contribution in [0.15, 0.2) is 60.9 Å². The molecule has 0 atom stereocenters. The number of rotatable bonds is 5. The van der Waals surface area contributed by atoms with E-state index in [4.69, 9.17) is 10.00 Å². The van der Waals surface area contributed by atoms with Gasteiger partial charge in [0, 0.05) is 38.1 Å². The Labute approximate surface area is 193 Å². The summed E-state index contributed by atoms with van der Waals surface area (Å²) in [6.45, 7) is 0.655. The first-order valence-corrected chi connectivity index (χ1v) is 10.4. The van der Waals surface area contributed by atoms with Crippen molar-refractivity contribution in [1.82, 2.24) is 19.7 Å². The van der Waals surface area contributed by atoms with Crippen LogP contribution in [0.2, 0.25) is 0 Å². The van der Waals surface area contributed by atoms with Crippen LogP contribution in [0.3, 0.4) is 0 Å². The lowest BCUT2D eigenvalue weighted by Crippen LogP contribution is -2.23. The number of hydrogen-bond donors (Lipinski definition) is 0. The number of nitriles is 1. The summed E-state index contributed by atoms with van der Waals surface area (Å²) < 4.78 is 35.7. The van der Waals surface area contributed by atoms with Gasteiger partial charge in [0.25, 0.3) is 5.91 Å². The predicted octanol–water partition coefficient (Wildman–Crippen LogP) is 4.58. The molecule has 0 fully saturated rings. The van der Waals surface area contributed by atoms with Crippen LogP contribution in [0.1, 0.15) is 27.0 Å². The average molecular weight is 457 g/mol. The summed E-state index contributed by atoms with van der Waals surface area (Å²) >= 11 is 0. The molecule has 0 unspecified atom stereocenters. The number of fused-ring (bicyclic) bond motifs is 1. The molecule has 4 aromatic rings. The van der Waals surface area contributed by atoms with Gasteiger partial charge in [-0.05, 0) is 35.4 Å².